The molecule has 0 radical (unpaired) electrons. The molecule has 0 saturated carbocycles. The molecule has 1 heterocycles. The quantitative estimate of drug-likeness (QED) is 0.871. The zero-order valence-electron chi connectivity index (χ0n) is 11.7. The lowest BCUT2D eigenvalue weighted by molar-refractivity contribution is -0.116. The topological polar surface area (TPSA) is 50.4 Å². The molecule has 0 aliphatic carbocycles. The van der Waals surface area contributed by atoms with Crippen molar-refractivity contribution in [3.63, 3.8) is 0 Å². The lowest BCUT2D eigenvalue weighted by atomic mass is 9.93. The maximum absolute atomic E-state index is 13.1. The summed E-state index contributed by atoms with van der Waals surface area (Å²) in [5.41, 5.74) is 0.518. The van der Waals surface area contributed by atoms with E-state index in [9.17, 15) is 9.18 Å². The van der Waals surface area contributed by atoms with Crippen LogP contribution in [0.1, 0.15) is 25.7 Å². The van der Waals surface area contributed by atoms with Crippen molar-refractivity contribution in [2.24, 2.45) is 5.92 Å². The molecular formula is C15H21FN2O2. The van der Waals surface area contributed by atoms with E-state index in [1.54, 1.807) is 0 Å². The van der Waals surface area contributed by atoms with Gasteiger partial charge in [0.15, 0.2) is 0 Å². The fourth-order valence-corrected chi connectivity index (χ4v) is 2.49. The van der Waals surface area contributed by atoms with Crippen molar-refractivity contribution in [2.45, 2.75) is 25.7 Å². The Labute approximate surface area is 118 Å². The summed E-state index contributed by atoms with van der Waals surface area (Å²) >= 11 is 0. The average molecular weight is 280 g/mol. The molecule has 0 unspecified atom stereocenters. The predicted octanol–water partition coefficient (Wildman–Crippen LogP) is 2.55. The molecule has 1 aliphatic heterocycles. The van der Waals surface area contributed by atoms with E-state index in [1.807, 2.05) is 0 Å². The Morgan fingerprint density at radius 3 is 2.90 bits per heavy atom. The number of amides is 1. The number of benzene rings is 1. The molecule has 0 bridgehead atoms. The number of halogens is 1. The molecule has 110 valence electrons. The molecule has 0 aromatic heterocycles. The highest BCUT2D eigenvalue weighted by atomic mass is 19.1. The van der Waals surface area contributed by atoms with Gasteiger partial charge >= 0.3 is 0 Å². The first-order chi connectivity index (χ1) is 9.69. The summed E-state index contributed by atoms with van der Waals surface area (Å²) in [5, 5.41) is 6.09. The van der Waals surface area contributed by atoms with Gasteiger partial charge in [0.2, 0.25) is 5.91 Å². The Morgan fingerprint density at radius 2 is 2.20 bits per heavy atom. The van der Waals surface area contributed by atoms with E-state index in [4.69, 9.17) is 4.74 Å². The predicted molar refractivity (Wildman–Crippen MR) is 76.4 cm³/mol. The Hall–Kier alpha value is -1.62. The van der Waals surface area contributed by atoms with Crippen molar-refractivity contribution in [1.82, 2.24) is 5.32 Å². The van der Waals surface area contributed by atoms with Gasteiger partial charge in [-0.25, -0.2) is 4.39 Å². The van der Waals surface area contributed by atoms with Crippen molar-refractivity contribution < 1.29 is 13.9 Å². The lowest BCUT2D eigenvalue weighted by Gasteiger charge is -2.22. The van der Waals surface area contributed by atoms with E-state index in [1.165, 1.54) is 25.3 Å². The highest BCUT2D eigenvalue weighted by Gasteiger charge is 2.15. The van der Waals surface area contributed by atoms with E-state index in [0.29, 0.717) is 23.8 Å². The number of piperidine rings is 1. The van der Waals surface area contributed by atoms with Crippen LogP contribution in [0.5, 0.6) is 5.75 Å². The van der Waals surface area contributed by atoms with Gasteiger partial charge in [0.1, 0.15) is 11.6 Å². The molecule has 1 saturated heterocycles. The minimum atomic E-state index is -0.380. The SMILES string of the molecule is COc1cc(F)ccc1NC(=O)CCC1CCNCC1. The summed E-state index contributed by atoms with van der Waals surface area (Å²) in [7, 11) is 1.46. The van der Waals surface area contributed by atoms with Crippen molar-refractivity contribution in [2.75, 3.05) is 25.5 Å². The summed E-state index contributed by atoms with van der Waals surface area (Å²) in [4.78, 5) is 11.9. The lowest BCUT2D eigenvalue weighted by Crippen LogP contribution is -2.28. The number of ether oxygens (including phenoxy) is 1. The summed E-state index contributed by atoms with van der Waals surface area (Å²) in [6.07, 6.45) is 3.66. The van der Waals surface area contributed by atoms with E-state index in [0.717, 1.165) is 32.4 Å². The number of hydrogen-bond acceptors (Lipinski definition) is 3. The molecule has 1 aliphatic rings. The maximum Gasteiger partial charge on any atom is 0.224 e. The number of anilines is 1. The van der Waals surface area contributed by atoms with E-state index in [-0.39, 0.29) is 11.7 Å². The minimum absolute atomic E-state index is 0.0477. The van der Waals surface area contributed by atoms with Gasteiger partial charge in [-0.15, -0.1) is 0 Å². The number of carbonyl (C=O) groups is 1. The molecule has 1 aromatic rings. The van der Waals surface area contributed by atoms with Crippen molar-refractivity contribution >= 4 is 11.6 Å². The molecular weight excluding hydrogens is 259 g/mol. The Balaban J connectivity index is 1.84. The van der Waals surface area contributed by atoms with Gasteiger partial charge in [0, 0.05) is 12.5 Å². The fraction of sp³-hybridized carbons (Fsp3) is 0.533. The molecule has 2 N–H and O–H groups in total. The third-order valence-electron chi connectivity index (χ3n) is 3.68. The number of hydrogen-bond donors (Lipinski definition) is 2. The van der Waals surface area contributed by atoms with E-state index in [2.05, 4.69) is 10.6 Å². The first-order valence-electron chi connectivity index (χ1n) is 7.03. The first kappa shape index (κ1) is 14.8. The van der Waals surface area contributed by atoms with Crippen LogP contribution in [0.2, 0.25) is 0 Å². The summed E-state index contributed by atoms with van der Waals surface area (Å²) < 4.78 is 18.1. The molecule has 1 amide bonds. The largest absolute Gasteiger partial charge is 0.494 e. The van der Waals surface area contributed by atoms with Crippen molar-refractivity contribution in [1.29, 1.82) is 0 Å². The monoisotopic (exact) mass is 280 g/mol. The normalized spacial score (nSPS) is 15.9. The highest BCUT2D eigenvalue weighted by Crippen LogP contribution is 2.25. The number of nitrogens with one attached hydrogen (secondary N) is 2. The van der Waals surface area contributed by atoms with Crippen LogP contribution in [0, 0.1) is 11.7 Å². The van der Waals surface area contributed by atoms with Gasteiger partial charge < -0.3 is 15.4 Å². The van der Waals surface area contributed by atoms with Gasteiger partial charge in [0.25, 0.3) is 0 Å². The Morgan fingerprint density at radius 1 is 1.45 bits per heavy atom. The Kier molecular flexibility index (Phi) is 5.35. The van der Waals surface area contributed by atoms with Crippen LogP contribution in [-0.2, 0) is 4.79 Å². The molecule has 5 heteroatoms. The third-order valence-corrected chi connectivity index (χ3v) is 3.68. The molecule has 20 heavy (non-hydrogen) atoms. The number of rotatable bonds is 5. The summed E-state index contributed by atoms with van der Waals surface area (Å²) in [5.74, 6) is 0.542. The molecule has 0 spiro atoms. The molecule has 1 fully saturated rings. The molecule has 4 nitrogen and oxygen atoms in total. The van der Waals surface area contributed by atoms with Gasteiger partial charge in [-0.3, -0.25) is 4.79 Å². The van der Waals surface area contributed by atoms with Crippen molar-refractivity contribution in [3.8, 4) is 5.75 Å². The second kappa shape index (κ2) is 7.24. The Bertz CT molecular complexity index is 459. The van der Waals surface area contributed by atoms with Crippen LogP contribution >= 0.6 is 0 Å². The zero-order valence-corrected chi connectivity index (χ0v) is 11.7. The number of methoxy groups -OCH3 is 1. The van der Waals surface area contributed by atoms with Crippen LogP contribution in [0.4, 0.5) is 10.1 Å². The average Bonchev–Trinajstić information content (AvgIpc) is 2.48. The third kappa shape index (κ3) is 4.20. The fourth-order valence-electron chi connectivity index (χ4n) is 2.49. The van der Waals surface area contributed by atoms with Crippen LogP contribution in [-0.4, -0.2) is 26.1 Å². The highest BCUT2D eigenvalue weighted by molar-refractivity contribution is 5.92. The van der Waals surface area contributed by atoms with Crippen LogP contribution in [0.3, 0.4) is 0 Å². The van der Waals surface area contributed by atoms with Crippen LogP contribution in [0.25, 0.3) is 0 Å². The van der Waals surface area contributed by atoms with Crippen LogP contribution < -0.4 is 15.4 Å². The first-order valence-corrected chi connectivity index (χ1v) is 7.03. The van der Waals surface area contributed by atoms with Gasteiger partial charge in [0.05, 0.1) is 12.8 Å². The van der Waals surface area contributed by atoms with E-state index >= 15 is 0 Å². The summed E-state index contributed by atoms with van der Waals surface area (Å²) in [6, 6.07) is 4.10. The van der Waals surface area contributed by atoms with Gasteiger partial charge in [-0.2, -0.15) is 0 Å². The standard InChI is InChI=1S/C15H21FN2O2/c1-20-14-10-12(16)3-4-13(14)18-15(19)5-2-11-6-8-17-9-7-11/h3-4,10-11,17H,2,5-9H2,1H3,(H,18,19). The van der Waals surface area contributed by atoms with Crippen molar-refractivity contribution in [3.05, 3.63) is 24.0 Å². The second-order valence-electron chi connectivity index (χ2n) is 5.12. The summed E-state index contributed by atoms with van der Waals surface area (Å²) in [6.45, 7) is 2.08. The smallest absolute Gasteiger partial charge is 0.224 e. The molecule has 0 atom stereocenters. The molecule has 2 rings (SSSR count). The van der Waals surface area contributed by atoms with Gasteiger partial charge in [-0.1, -0.05) is 0 Å². The van der Waals surface area contributed by atoms with E-state index < -0.39 is 0 Å². The van der Waals surface area contributed by atoms with Gasteiger partial charge in [-0.05, 0) is 50.4 Å². The minimum Gasteiger partial charge on any atom is -0.494 e. The van der Waals surface area contributed by atoms with Crippen LogP contribution in [0.15, 0.2) is 18.2 Å². The molecule has 1 aromatic carbocycles. The number of carbonyl (C=O) groups excluding carboxylic acids is 1. The maximum atomic E-state index is 13.1. The zero-order chi connectivity index (χ0) is 14.4. The second-order valence-corrected chi connectivity index (χ2v) is 5.12.